The summed E-state index contributed by atoms with van der Waals surface area (Å²) in [6.07, 6.45) is 3.27. The second-order valence-corrected chi connectivity index (χ2v) is 6.62. The van der Waals surface area contributed by atoms with Gasteiger partial charge >= 0.3 is 5.97 Å². The maximum absolute atomic E-state index is 12.6. The van der Waals surface area contributed by atoms with Crippen LogP contribution < -0.4 is 4.90 Å². The quantitative estimate of drug-likeness (QED) is 0.842. The first-order valence-electron chi connectivity index (χ1n) is 8.15. The minimum absolute atomic E-state index is 0.126. The van der Waals surface area contributed by atoms with Crippen LogP contribution in [0.3, 0.4) is 0 Å². The summed E-state index contributed by atoms with van der Waals surface area (Å²) >= 11 is 0. The molecule has 2 fully saturated rings. The molecule has 0 bridgehead atoms. The molecule has 7 nitrogen and oxygen atoms in total. The molecule has 1 aromatic heterocycles. The van der Waals surface area contributed by atoms with Gasteiger partial charge in [-0.1, -0.05) is 18.2 Å². The van der Waals surface area contributed by atoms with E-state index < -0.39 is 17.3 Å². The van der Waals surface area contributed by atoms with Crippen molar-refractivity contribution in [2.45, 2.75) is 0 Å². The number of likely N-dealkylation sites (tertiary alicyclic amines) is 1. The van der Waals surface area contributed by atoms with Crippen LogP contribution >= 0.6 is 0 Å². The van der Waals surface area contributed by atoms with E-state index in [0.717, 1.165) is 11.0 Å². The number of carboxylic acids is 1. The summed E-state index contributed by atoms with van der Waals surface area (Å²) in [7, 11) is 0. The van der Waals surface area contributed by atoms with Gasteiger partial charge in [-0.3, -0.25) is 14.6 Å². The number of para-hydroxylation sites is 2. The Bertz CT molecular complexity index is 884. The van der Waals surface area contributed by atoms with Crippen LogP contribution in [0.2, 0.25) is 0 Å². The van der Waals surface area contributed by atoms with Gasteiger partial charge < -0.3 is 14.9 Å². The molecule has 0 unspecified atom stereocenters. The molecule has 0 aliphatic carbocycles. The normalized spacial score (nSPS) is 25.4. The third-order valence-corrected chi connectivity index (χ3v) is 5.16. The van der Waals surface area contributed by atoms with Gasteiger partial charge in [0.25, 0.3) is 0 Å². The minimum Gasteiger partial charge on any atom is -0.481 e. The van der Waals surface area contributed by atoms with Gasteiger partial charge in [-0.2, -0.15) is 0 Å². The molecule has 0 radical (unpaired) electrons. The first-order chi connectivity index (χ1) is 12.0. The number of rotatable bonds is 4. The van der Waals surface area contributed by atoms with Gasteiger partial charge in [-0.05, 0) is 12.1 Å². The highest BCUT2D eigenvalue weighted by Crippen LogP contribution is 2.44. The Morgan fingerprint density at radius 3 is 2.80 bits per heavy atom. The molecular formula is C18H18N4O3. The third kappa shape index (κ3) is 2.26. The van der Waals surface area contributed by atoms with Crippen molar-refractivity contribution in [1.29, 1.82) is 0 Å². The Morgan fingerprint density at radius 1 is 1.36 bits per heavy atom. The Kier molecular flexibility index (Phi) is 3.45. The monoisotopic (exact) mass is 338 g/mol. The van der Waals surface area contributed by atoms with Crippen LogP contribution in [0.15, 0.2) is 43.1 Å². The van der Waals surface area contributed by atoms with Gasteiger partial charge in [0.05, 0.1) is 23.1 Å². The lowest BCUT2D eigenvalue weighted by molar-refractivity contribution is -0.149. The number of carbonyl (C=O) groups is 2. The van der Waals surface area contributed by atoms with Crippen LogP contribution in [-0.2, 0) is 9.59 Å². The Morgan fingerprint density at radius 2 is 2.12 bits per heavy atom. The Balaban J connectivity index is 1.67. The van der Waals surface area contributed by atoms with Gasteiger partial charge in [0, 0.05) is 26.2 Å². The number of nitrogens with zero attached hydrogens (tertiary/aromatic N) is 4. The largest absolute Gasteiger partial charge is 0.481 e. The molecule has 4 rings (SSSR count). The lowest BCUT2D eigenvalue weighted by atomic mass is 9.81. The maximum atomic E-state index is 12.6. The van der Waals surface area contributed by atoms with Crippen LogP contribution in [0.4, 0.5) is 5.82 Å². The number of fused-ring (bicyclic) bond motifs is 2. The number of benzene rings is 1. The Hall–Kier alpha value is -2.96. The number of hydrogen-bond donors (Lipinski definition) is 1. The number of carbonyl (C=O) groups excluding carboxylic acids is 1. The number of anilines is 1. The van der Waals surface area contributed by atoms with Crippen molar-refractivity contribution >= 4 is 28.7 Å². The van der Waals surface area contributed by atoms with E-state index in [2.05, 4.69) is 16.5 Å². The molecule has 2 aromatic rings. The summed E-state index contributed by atoms with van der Waals surface area (Å²) in [5, 5.41) is 9.85. The molecule has 0 spiro atoms. The first-order valence-corrected chi connectivity index (χ1v) is 8.15. The van der Waals surface area contributed by atoms with E-state index in [9.17, 15) is 14.7 Å². The molecule has 2 aliphatic heterocycles. The van der Waals surface area contributed by atoms with E-state index in [0.29, 0.717) is 18.9 Å². The number of hydrogen-bond acceptors (Lipinski definition) is 5. The number of aromatic nitrogens is 2. The summed E-state index contributed by atoms with van der Waals surface area (Å²) < 4.78 is 0. The molecule has 1 amide bonds. The van der Waals surface area contributed by atoms with Crippen molar-refractivity contribution in [3.63, 3.8) is 0 Å². The number of aliphatic carboxylic acids is 1. The number of carboxylic acid groups (broad SMARTS) is 1. The fourth-order valence-electron chi connectivity index (χ4n) is 3.89. The molecule has 0 saturated carbocycles. The predicted octanol–water partition coefficient (Wildman–Crippen LogP) is 1.17. The molecule has 2 saturated heterocycles. The molecule has 25 heavy (non-hydrogen) atoms. The molecule has 7 heteroatoms. The zero-order chi connectivity index (χ0) is 17.6. The predicted molar refractivity (Wildman–Crippen MR) is 92.1 cm³/mol. The van der Waals surface area contributed by atoms with Crippen molar-refractivity contribution < 1.29 is 14.7 Å². The standard InChI is InChI=1S/C18H18N4O3/c1-2-7-21-10-18(17(24)25)11-22(9-12(18)16(21)23)15-8-19-13-5-3-4-6-14(13)20-15/h2-6,8,12H,1,7,9-11H2,(H,24,25)/t12-,18+/m0/s1. The van der Waals surface area contributed by atoms with Gasteiger partial charge in [-0.25, -0.2) is 4.98 Å². The van der Waals surface area contributed by atoms with Crippen molar-refractivity contribution in [3.8, 4) is 0 Å². The van der Waals surface area contributed by atoms with Crippen LogP contribution in [0.25, 0.3) is 11.0 Å². The van der Waals surface area contributed by atoms with Crippen LogP contribution in [0.5, 0.6) is 0 Å². The number of amides is 1. The molecule has 3 heterocycles. The molecule has 2 aliphatic rings. The second kappa shape index (κ2) is 5.54. The summed E-state index contributed by atoms with van der Waals surface area (Å²) in [6.45, 7) is 4.81. The van der Waals surface area contributed by atoms with E-state index in [1.165, 1.54) is 0 Å². The zero-order valence-electron chi connectivity index (χ0n) is 13.6. The highest BCUT2D eigenvalue weighted by atomic mass is 16.4. The van der Waals surface area contributed by atoms with Gasteiger partial charge in [0.2, 0.25) is 5.91 Å². The summed E-state index contributed by atoms with van der Waals surface area (Å²) in [4.78, 5) is 37.1. The highest BCUT2D eigenvalue weighted by molar-refractivity contribution is 5.93. The highest BCUT2D eigenvalue weighted by Gasteiger charge is 2.62. The van der Waals surface area contributed by atoms with E-state index >= 15 is 0 Å². The van der Waals surface area contributed by atoms with Gasteiger partial charge in [0.15, 0.2) is 0 Å². The SMILES string of the molecule is C=CCN1C[C@@]2(C(=O)O)CN(c3cnc4ccccc4n3)C[C@H]2C1=O. The van der Waals surface area contributed by atoms with Crippen molar-refractivity contribution in [2.24, 2.45) is 11.3 Å². The first kappa shape index (κ1) is 15.6. The summed E-state index contributed by atoms with van der Waals surface area (Å²) in [5.41, 5.74) is 0.431. The lowest BCUT2D eigenvalue weighted by Crippen LogP contribution is -2.41. The molecule has 1 N–H and O–H groups in total. The van der Waals surface area contributed by atoms with Crippen molar-refractivity contribution in [3.05, 3.63) is 43.1 Å². The fraction of sp³-hybridized carbons (Fsp3) is 0.333. The molecule has 1 aromatic carbocycles. The van der Waals surface area contributed by atoms with Crippen LogP contribution in [0, 0.1) is 11.3 Å². The minimum atomic E-state index is -1.10. The van der Waals surface area contributed by atoms with Crippen molar-refractivity contribution in [2.75, 3.05) is 31.1 Å². The average molecular weight is 338 g/mol. The molecule has 128 valence electrons. The summed E-state index contributed by atoms with van der Waals surface area (Å²) in [6, 6.07) is 7.52. The van der Waals surface area contributed by atoms with Gasteiger partial charge in [0.1, 0.15) is 11.2 Å². The van der Waals surface area contributed by atoms with E-state index in [1.54, 1.807) is 17.2 Å². The fourth-order valence-corrected chi connectivity index (χ4v) is 3.89. The van der Waals surface area contributed by atoms with Gasteiger partial charge in [-0.15, -0.1) is 6.58 Å². The molecular weight excluding hydrogens is 320 g/mol. The van der Waals surface area contributed by atoms with E-state index in [1.807, 2.05) is 29.2 Å². The third-order valence-electron chi connectivity index (χ3n) is 5.16. The van der Waals surface area contributed by atoms with Crippen LogP contribution in [-0.4, -0.2) is 58.0 Å². The second-order valence-electron chi connectivity index (χ2n) is 6.62. The van der Waals surface area contributed by atoms with Crippen LogP contribution in [0.1, 0.15) is 0 Å². The summed E-state index contributed by atoms with van der Waals surface area (Å²) in [5.74, 6) is -1.03. The molecule has 2 atom stereocenters. The van der Waals surface area contributed by atoms with E-state index in [4.69, 9.17) is 0 Å². The smallest absolute Gasteiger partial charge is 0.314 e. The topological polar surface area (TPSA) is 86.6 Å². The average Bonchev–Trinajstić information content (AvgIpc) is 3.12. The van der Waals surface area contributed by atoms with E-state index in [-0.39, 0.29) is 19.0 Å². The maximum Gasteiger partial charge on any atom is 0.314 e. The zero-order valence-corrected chi connectivity index (χ0v) is 13.6. The van der Waals surface area contributed by atoms with Crippen molar-refractivity contribution in [1.82, 2.24) is 14.9 Å². The Labute approximate surface area is 144 Å². The lowest BCUT2D eigenvalue weighted by Gasteiger charge is -2.25.